The first-order chi connectivity index (χ1) is 14.5. The van der Waals surface area contributed by atoms with Gasteiger partial charge in [-0.05, 0) is 62.7 Å². The molecular weight excluding hydrogens is 382 g/mol. The first-order valence-electron chi connectivity index (χ1n) is 10.3. The van der Waals surface area contributed by atoms with E-state index in [1.165, 1.54) is 6.42 Å². The van der Waals surface area contributed by atoms with Gasteiger partial charge in [-0.25, -0.2) is 0 Å². The van der Waals surface area contributed by atoms with Crippen LogP contribution in [0.2, 0.25) is 0 Å². The van der Waals surface area contributed by atoms with Gasteiger partial charge in [0.15, 0.2) is 5.76 Å². The topological polar surface area (TPSA) is 68.2 Å². The predicted molar refractivity (Wildman–Crippen MR) is 114 cm³/mol. The van der Waals surface area contributed by atoms with Gasteiger partial charge in [-0.1, -0.05) is 6.42 Å². The Morgan fingerprint density at radius 1 is 1.20 bits per heavy atom. The third-order valence-corrected chi connectivity index (χ3v) is 5.94. The molecule has 0 unspecified atom stereocenters. The highest BCUT2D eigenvalue weighted by Crippen LogP contribution is 2.41. The van der Waals surface area contributed by atoms with E-state index in [4.69, 9.17) is 14.2 Å². The molecule has 2 aromatic carbocycles. The van der Waals surface area contributed by atoms with E-state index in [1.807, 2.05) is 0 Å². The van der Waals surface area contributed by atoms with Crippen LogP contribution in [0.5, 0.6) is 23.0 Å². The Balaban J connectivity index is 1.69. The van der Waals surface area contributed by atoms with Gasteiger partial charge in [-0.15, -0.1) is 0 Å². The molecule has 2 heterocycles. The number of ether oxygens (including phenoxy) is 3. The first kappa shape index (κ1) is 20.3. The van der Waals surface area contributed by atoms with Crippen molar-refractivity contribution in [2.75, 3.05) is 20.8 Å². The quantitative estimate of drug-likeness (QED) is 0.739. The van der Waals surface area contributed by atoms with Crippen molar-refractivity contribution in [1.29, 1.82) is 0 Å². The molecule has 1 saturated heterocycles. The van der Waals surface area contributed by atoms with E-state index in [9.17, 15) is 9.90 Å². The van der Waals surface area contributed by atoms with Crippen LogP contribution >= 0.6 is 0 Å². The second kappa shape index (κ2) is 8.40. The lowest BCUT2D eigenvalue weighted by atomic mass is 10.0. The Morgan fingerprint density at radius 2 is 2.03 bits per heavy atom. The second-order valence-corrected chi connectivity index (χ2v) is 7.80. The van der Waals surface area contributed by atoms with Crippen LogP contribution in [0.1, 0.15) is 47.7 Å². The average molecular weight is 409 g/mol. The van der Waals surface area contributed by atoms with Crippen LogP contribution in [-0.4, -0.2) is 42.6 Å². The zero-order chi connectivity index (χ0) is 21.3. The molecule has 2 aliphatic rings. The zero-order valence-corrected chi connectivity index (χ0v) is 17.6. The SMILES string of the molecule is COc1ccc(OC)c(/C=C2/Oc3c(ccc(O)c3CN3CCCC[C@@H]3C)C2=O)c1. The lowest BCUT2D eigenvalue weighted by molar-refractivity contribution is 0.101. The summed E-state index contributed by atoms with van der Waals surface area (Å²) in [5.41, 5.74) is 1.82. The van der Waals surface area contributed by atoms with Crippen molar-refractivity contribution < 1.29 is 24.1 Å². The molecule has 6 nitrogen and oxygen atoms in total. The molecule has 1 fully saturated rings. The fourth-order valence-corrected chi connectivity index (χ4v) is 4.14. The third-order valence-electron chi connectivity index (χ3n) is 5.94. The van der Waals surface area contributed by atoms with E-state index < -0.39 is 0 Å². The predicted octanol–water partition coefficient (Wildman–Crippen LogP) is 4.40. The highest BCUT2D eigenvalue weighted by molar-refractivity contribution is 6.15. The van der Waals surface area contributed by atoms with Crippen molar-refractivity contribution >= 4 is 11.9 Å². The minimum absolute atomic E-state index is 0.152. The molecule has 2 aliphatic heterocycles. The second-order valence-electron chi connectivity index (χ2n) is 7.80. The van der Waals surface area contributed by atoms with E-state index >= 15 is 0 Å². The number of carbonyl (C=O) groups is 1. The smallest absolute Gasteiger partial charge is 0.231 e. The van der Waals surface area contributed by atoms with Crippen LogP contribution in [0.3, 0.4) is 0 Å². The summed E-state index contributed by atoms with van der Waals surface area (Å²) in [6, 6.07) is 9.01. The van der Waals surface area contributed by atoms with E-state index in [1.54, 1.807) is 50.6 Å². The van der Waals surface area contributed by atoms with Crippen molar-refractivity contribution in [3.8, 4) is 23.0 Å². The van der Waals surface area contributed by atoms with E-state index in [-0.39, 0.29) is 17.3 Å². The molecule has 0 amide bonds. The largest absolute Gasteiger partial charge is 0.507 e. The summed E-state index contributed by atoms with van der Waals surface area (Å²) < 4.78 is 16.7. The number of fused-ring (bicyclic) bond motifs is 1. The van der Waals surface area contributed by atoms with Crippen molar-refractivity contribution in [2.45, 2.75) is 38.8 Å². The normalized spacial score (nSPS) is 20.2. The molecule has 4 rings (SSSR count). The van der Waals surface area contributed by atoms with Gasteiger partial charge in [0.25, 0.3) is 0 Å². The zero-order valence-electron chi connectivity index (χ0n) is 17.6. The van der Waals surface area contributed by atoms with Crippen molar-refractivity contribution in [1.82, 2.24) is 4.90 Å². The molecule has 30 heavy (non-hydrogen) atoms. The minimum atomic E-state index is -0.206. The summed E-state index contributed by atoms with van der Waals surface area (Å²) in [5, 5.41) is 10.5. The van der Waals surface area contributed by atoms with Crippen LogP contribution in [0.25, 0.3) is 6.08 Å². The van der Waals surface area contributed by atoms with Crippen LogP contribution in [0, 0.1) is 0 Å². The summed E-state index contributed by atoms with van der Waals surface area (Å²) in [6.45, 7) is 3.73. The number of ketones is 1. The molecule has 0 aliphatic carbocycles. The maximum absolute atomic E-state index is 13.0. The van der Waals surface area contributed by atoms with Gasteiger partial charge in [0.05, 0.1) is 25.3 Å². The molecule has 158 valence electrons. The van der Waals surface area contributed by atoms with Crippen LogP contribution in [0.15, 0.2) is 36.1 Å². The lowest BCUT2D eigenvalue weighted by Crippen LogP contribution is -2.36. The number of phenols is 1. The average Bonchev–Trinajstić information content (AvgIpc) is 3.07. The van der Waals surface area contributed by atoms with Gasteiger partial charge in [0.1, 0.15) is 23.0 Å². The van der Waals surface area contributed by atoms with E-state index in [2.05, 4.69) is 11.8 Å². The van der Waals surface area contributed by atoms with Crippen molar-refractivity contribution in [3.05, 3.63) is 52.8 Å². The molecule has 0 spiro atoms. The first-order valence-corrected chi connectivity index (χ1v) is 10.3. The highest BCUT2D eigenvalue weighted by Gasteiger charge is 2.32. The van der Waals surface area contributed by atoms with Gasteiger partial charge in [0.2, 0.25) is 5.78 Å². The number of hydrogen-bond acceptors (Lipinski definition) is 6. The molecule has 0 aromatic heterocycles. The number of likely N-dealkylation sites (tertiary alicyclic amines) is 1. The number of Topliss-reactive ketones (excluding diaryl/α,β-unsaturated/α-hetero) is 1. The number of hydrogen-bond donors (Lipinski definition) is 1. The number of allylic oxidation sites excluding steroid dienone is 1. The Kier molecular flexibility index (Phi) is 5.68. The van der Waals surface area contributed by atoms with Crippen LogP contribution in [0.4, 0.5) is 0 Å². The van der Waals surface area contributed by atoms with Gasteiger partial charge in [-0.2, -0.15) is 0 Å². The van der Waals surface area contributed by atoms with Crippen LogP contribution in [-0.2, 0) is 6.54 Å². The fourth-order valence-electron chi connectivity index (χ4n) is 4.14. The van der Waals surface area contributed by atoms with Gasteiger partial charge >= 0.3 is 0 Å². The standard InChI is InChI=1S/C24H27NO5/c1-15-6-4-5-11-25(15)14-19-20(26)9-8-18-23(27)22(30-24(18)19)13-16-12-17(28-2)7-10-21(16)29-3/h7-10,12-13,15,26H,4-6,11,14H2,1-3H3/b22-13+/t15-/m0/s1. The fraction of sp³-hybridized carbons (Fsp3) is 0.375. The summed E-state index contributed by atoms with van der Waals surface area (Å²) in [4.78, 5) is 15.3. The molecule has 1 N–H and O–H groups in total. The minimum Gasteiger partial charge on any atom is -0.507 e. The Morgan fingerprint density at radius 3 is 2.77 bits per heavy atom. The Bertz CT molecular complexity index is 997. The lowest BCUT2D eigenvalue weighted by Gasteiger charge is -2.33. The molecule has 1 atom stereocenters. The third kappa shape index (κ3) is 3.75. The molecular formula is C24H27NO5. The van der Waals surface area contributed by atoms with Gasteiger partial charge in [0, 0.05) is 18.2 Å². The molecule has 2 aromatic rings. The number of methoxy groups -OCH3 is 2. The number of rotatable bonds is 5. The monoisotopic (exact) mass is 409 g/mol. The van der Waals surface area contributed by atoms with Crippen molar-refractivity contribution in [3.63, 3.8) is 0 Å². The molecule has 0 radical (unpaired) electrons. The van der Waals surface area contributed by atoms with Gasteiger partial charge < -0.3 is 19.3 Å². The molecule has 6 heteroatoms. The maximum Gasteiger partial charge on any atom is 0.231 e. The highest BCUT2D eigenvalue weighted by atomic mass is 16.5. The summed E-state index contributed by atoms with van der Waals surface area (Å²) in [5.74, 6) is 1.87. The molecule has 0 saturated carbocycles. The van der Waals surface area contributed by atoms with E-state index in [0.29, 0.717) is 46.5 Å². The molecule has 0 bridgehead atoms. The maximum atomic E-state index is 13.0. The number of benzene rings is 2. The van der Waals surface area contributed by atoms with Crippen molar-refractivity contribution in [2.24, 2.45) is 0 Å². The summed E-state index contributed by atoms with van der Waals surface area (Å²) in [7, 11) is 3.16. The number of piperidine rings is 1. The van der Waals surface area contributed by atoms with E-state index in [0.717, 1.165) is 19.4 Å². The number of phenolic OH excluding ortho intramolecular Hbond substituents is 1. The van der Waals surface area contributed by atoms with Crippen LogP contribution < -0.4 is 14.2 Å². The summed E-state index contributed by atoms with van der Waals surface area (Å²) >= 11 is 0. The Labute approximate surface area is 176 Å². The number of nitrogens with zero attached hydrogens (tertiary/aromatic N) is 1. The van der Waals surface area contributed by atoms with Gasteiger partial charge in [-0.3, -0.25) is 9.69 Å². The number of carbonyl (C=O) groups excluding carboxylic acids is 1. The summed E-state index contributed by atoms with van der Waals surface area (Å²) in [6.07, 6.45) is 5.16. The Hall–Kier alpha value is -2.99. The number of aromatic hydroxyl groups is 1.